The quantitative estimate of drug-likeness (QED) is 0.467. The average molecular weight is 449 g/mol. The van der Waals surface area contributed by atoms with Gasteiger partial charge in [-0.15, -0.1) is 0 Å². The Morgan fingerprint density at radius 3 is 2.39 bits per heavy atom. The van der Waals surface area contributed by atoms with Crippen molar-refractivity contribution in [3.05, 3.63) is 94.0 Å². The molecule has 1 saturated heterocycles. The van der Waals surface area contributed by atoms with Gasteiger partial charge in [0, 0.05) is 30.2 Å². The number of nitrogens with one attached hydrogen (secondary N) is 1. The minimum Gasteiger partial charge on any atom is -0.394 e. The maximum Gasteiger partial charge on any atom is 0.351 e. The lowest BCUT2D eigenvalue weighted by Gasteiger charge is -2.14. The summed E-state index contributed by atoms with van der Waals surface area (Å²) in [5.41, 5.74) is 1.06. The molecule has 3 aromatic rings. The number of hydrogen-bond acceptors (Lipinski definition) is 7. The Labute approximate surface area is 189 Å². The topological polar surface area (TPSA) is 131 Å². The maximum absolute atomic E-state index is 12.5. The number of carbonyl (C=O) groups is 2. The summed E-state index contributed by atoms with van der Waals surface area (Å²) in [6, 6.07) is 17.1. The fourth-order valence-electron chi connectivity index (χ4n) is 3.63. The Balaban J connectivity index is 1.39. The van der Waals surface area contributed by atoms with Crippen molar-refractivity contribution in [2.24, 2.45) is 0 Å². The van der Waals surface area contributed by atoms with Gasteiger partial charge in [0.1, 0.15) is 18.1 Å². The van der Waals surface area contributed by atoms with E-state index in [9.17, 15) is 24.6 Å². The van der Waals surface area contributed by atoms with Crippen LogP contribution in [-0.2, 0) is 11.2 Å². The van der Waals surface area contributed by atoms with Gasteiger partial charge in [-0.3, -0.25) is 14.2 Å². The first-order valence-corrected chi connectivity index (χ1v) is 10.5. The summed E-state index contributed by atoms with van der Waals surface area (Å²) in [6.45, 7) is -0.357. The van der Waals surface area contributed by atoms with Crippen molar-refractivity contribution in [1.82, 2.24) is 9.55 Å². The third-order valence-electron chi connectivity index (χ3n) is 5.44. The highest BCUT2D eigenvalue weighted by Crippen LogP contribution is 2.27. The van der Waals surface area contributed by atoms with Gasteiger partial charge in [-0.25, -0.2) is 4.79 Å². The molecular formula is C24H23N3O6. The predicted octanol–water partition coefficient (Wildman–Crippen LogP) is 1.56. The van der Waals surface area contributed by atoms with Crippen molar-refractivity contribution in [2.75, 3.05) is 11.9 Å². The van der Waals surface area contributed by atoms with Gasteiger partial charge in [-0.1, -0.05) is 42.5 Å². The smallest absolute Gasteiger partial charge is 0.351 e. The molecule has 2 aromatic carbocycles. The van der Waals surface area contributed by atoms with E-state index >= 15 is 0 Å². The van der Waals surface area contributed by atoms with Crippen LogP contribution in [-0.4, -0.2) is 50.3 Å². The van der Waals surface area contributed by atoms with Crippen LogP contribution in [0.5, 0.6) is 0 Å². The summed E-state index contributed by atoms with van der Waals surface area (Å²) in [5, 5.41) is 21.6. The van der Waals surface area contributed by atoms with E-state index in [0.717, 1.165) is 5.56 Å². The number of benzene rings is 2. The number of carbonyl (C=O) groups excluding carboxylic acids is 2. The Bertz CT molecular complexity index is 1190. The summed E-state index contributed by atoms with van der Waals surface area (Å²) in [4.78, 5) is 41.2. The van der Waals surface area contributed by atoms with Crippen LogP contribution in [0.25, 0.3) is 0 Å². The average Bonchev–Trinajstić information content (AvgIpc) is 3.20. The van der Waals surface area contributed by atoms with Crippen LogP contribution in [0.15, 0.2) is 71.7 Å². The fourth-order valence-corrected chi connectivity index (χ4v) is 3.63. The van der Waals surface area contributed by atoms with Crippen LogP contribution in [0.2, 0.25) is 0 Å². The second kappa shape index (κ2) is 9.86. The number of hydrogen-bond donors (Lipinski definition) is 3. The zero-order valence-electron chi connectivity index (χ0n) is 17.6. The molecule has 9 nitrogen and oxygen atoms in total. The van der Waals surface area contributed by atoms with Crippen LogP contribution in [0.4, 0.5) is 5.82 Å². The molecule has 9 heteroatoms. The lowest BCUT2D eigenvalue weighted by Crippen LogP contribution is -2.28. The van der Waals surface area contributed by atoms with Crippen LogP contribution >= 0.6 is 0 Å². The van der Waals surface area contributed by atoms with Gasteiger partial charge in [-0.05, 0) is 23.8 Å². The molecule has 33 heavy (non-hydrogen) atoms. The minimum atomic E-state index is -0.881. The number of nitrogens with zero attached hydrogens (tertiary/aromatic N) is 2. The van der Waals surface area contributed by atoms with Gasteiger partial charge in [0.05, 0.1) is 12.7 Å². The van der Waals surface area contributed by atoms with E-state index in [1.807, 2.05) is 30.3 Å². The fraction of sp³-hybridized carbons (Fsp3) is 0.250. The molecule has 0 saturated carbocycles. The molecule has 1 fully saturated rings. The molecule has 3 atom stereocenters. The van der Waals surface area contributed by atoms with E-state index in [1.165, 1.54) is 29.0 Å². The molecule has 0 bridgehead atoms. The Morgan fingerprint density at radius 1 is 1.06 bits per heavy atom. The van der Waals surface area contributed by atoms with Crippen molar-refractivity contribution in [2.45, 2.75) is 31.3 Å². The van der Waals surface area contributed by atoms with Gasteiger partial charge < -0.3 is 20.3 Å². The normalized spacial score (nSPS) is 19.9. The van der Waals surface area contributed by atoms with E-state index < -0.39 is 30.0 Å². The molecule has 1 amide bonds. The van der Waals surface area contributed by atoms with Gasteiger partial charge in [0.2, 0.25) is 0 Å². The molecular weight excluding hydrogens is 426 g/mol. The molecule has 1 aliphatic heterocycles. The number of amides is 1. The number of anilines is 1. The van der Waals surface area contributed by atoms with Crippen LogP contribution in [0, 0.1) is 0 Å². The van der Waals surface area contributed by atoms with E-state index in [-0.39, 0.29) is 31.0 Å². The van der Waals surface area contributed by atoms with Crippen LogP contribution < -0.4 is 11.0 Å². The zero-order chi connectivity index (χ0) is 23.4. The third kappa shape index (κ3) is 5.23. The van der Waals surface area contributed by atoms with E-state index in [1.54, 1.807) is 12.1 Å². The zero-order valence-corrected chi connectivity index (χ0v) is 17.6. The summed E-state index contributed by atoms with van der Waals surface area (Å²) < 4.78 is 6.65. The number of aliphatic hydroxyl groups excluding tert-OH is 2. The Morgan fingerprint density at radius 2 is 1.76 bits per heavy atom. The molecule has 0 aliphatic carbocycles. The first-order valence-electron chi connectivity index (χ1n) is 10.5. The SMILES string of the molecule is O=C(Cc1ccccc1)c1ccc(C(=O)Nc2ccn([C@H]3C[C@H](O)[C@@H](CO)O3)c(=O)n2)cc1. The highest BCUT2D eigenvalue weighted by Gasteiger charge is 2.35. The number of ketones is 1. The number of aromatic nitrogens is 2. The molecule has 0 spiro atoms. The third-order valence-corrected chi connectivity index (χ3v) is 5.44. The highest BCUT2D eigenvalue weighted by atomic mass is 16.5. The number of rotatable bonds is 7. The van der Waals surface area contributed by atoms with Gasteiger partial charge in [0.25, 0.3) is 5.91 Å². The molecule has 1 aliphatic rings. The van der Waals surface area contributed by atoms with Crippen molar-refractivity contribution >= 4 is 17.5 Å². The van der Waals surface area contributed by atoms with E-state index in [4.69, 9.17) is 4.74 Å². The van der Waals surface area contributed by atoms with Crippen molar-refractivity contribution < 1.29 is 24.5 Å². The van der Waals surface area contributed by atoms with Crippen LogP contribution in [0.3, 0.4) is 0 Å². The Hall–Kier alpha value is -3.66. The molecule has 1 aromatic heterocycles. The molecule has 170 valence electrons. The molecule has 0 radical (unpaired) electrons. The van der Waals surface area contributed by atoms with Crippen molar-refractivity contribution in [3.63, 3.8) is 0 Å². The summed E-state index contributed by atoms with van der Waals surface area (Å²) in [5.74, 6) is -0.474. The molecule has 2 heterocycles. The minimum absolute atomic E-state index is 0.0545. The number of Topliss-reactive ketones (excluding diaryl/α,β-unsaturated/α-hetero) is 1. The number of ether oxygens (including phenoxy) is 1. The summed E-state index contributed by atoms with van der Waals surface area (Å²) in [7, 11) is 0. The molecule has 0 unspecified atom stereocenters. The van der Waals surface area contributed by atoms with Crippen molar-refractivity contribution in [1.29, 1.82) is 0 Å². The van der Waals surface area contributed by atoms with E-state index in [0.29, 0.717) is 11.1 Å². The number of aliphatic hydroxyl groups is 2. The van der Waals surface area contributed by atoms with Gasteiger partial charge >= 0.3 is 5.69 Å². The summed E-state index contributed by atoms with van der Waals surface area (Å²) in [6.07, 6.45) is -0.560. The molecule has 3 N–H and O–H groups in total. The van der Waals surface area contributed by atoms with E-state index in [2.05, 4.69) is 10.3 Å². The second-order valence-electron chi connectivity index (χ2n) is 7.73. The lowest BCUT2D eigenvalue weighted by atomic mass is 10.0. The first kappa shape index (κ1) is 22.5. The predicted molar refractivity (Wildman–Crippen MR) is 119 cm³/mol. The van der Waals surface area contributed by atoms with Crippen LogP contribution in [0.1, 0.15) is 38.9 Å². The Kier molecular flexibility index (Phi) is 6.74. The standard InChI is InChI=1S/C24H23N3O6/c28-14-20-19(30)13-22(33-20)27-11-10-21(26-24(27)32)25-23(31)17-8-6-16(7-9-17)18(29)12-15-4-2-1-3-5-15/h1-11,19-20,22,28,30H,12-14H2,(H,25,26,31,32)/t19-,20+,22+/m0/s1. The maximum atomic E-state index is 12.5. The monoisotopic (exact) mass is 449 g/mol. The lowest BCUT2D eigenvalue weighted by molar-refractivity contribution is -0.0458. The van der Waals surface area contributed by atoms with Gasteiger partial charge in [-0.2, -0.15) is 4.98 Å². The highest BCUT2D eigenvalue weighted by molar-refractivity contribution is 6.05. The van der Waals surface area contributed by atoms with Gasteiger partial charge in [0.15, 0.2) is 5.78 Å². The van der Waals surface area contributed by atoms with Crippen molar-refractivity contribution in [3.8, 4) is 0 Å². The first-order chi connectivity index (χ1) is 15.9. The largest absolute Gasteiger partial charge is 0.394 e. The summed E-state index contributed by atoms with van der Waals surface area (Å²) >= 11 is 0. The molecule has 4 rings (SSSR count). The second-order valence-corrected chi connectivity index (χ2v) is 7.73.